The number of aryl methyl sites for hydroxylation is 1. The average molecular weight is 360 g/mol. The smallest absolute Gasteiger partial charge is 0.191 e. The molecule has 0 spiro atoms. The van der Waals surface area contributed by atoms with Crippen LogP contribution in [0, 0.1) is 5.41 Å². The zero-order valence-electron chi connectivity index (χ0n) is 16.7. The zero-order chi connectivity index (χ0) is 19.0. The van der Waals surface area contributed by atoms with E-state index < -0.39 is 0 Å². The van der Waals surface area contributed by atoms with Gasteiger partial charge in [0.15, 0.2) is 5.96 Å². The van der Waals surface area contributed by atoms with E-state index in [1.54, 1.807) is 7.11 Å². The molecule has 144 valence electrons. The van der Waals surface area contributed by atoms with Gasteiger partial charge in [-0.05, 0) is 30.9 Å². The standard InChI is InChI=1S/C20H33N5O/c1-6-21-19(23-14-18(26-5)20(2,3)4)22-12-9-13-25-15-24-16-10-7-8-11-17(16)25/h7-8,10-11,15,18H,6,9,12-14H2,1-5H3,(H2,21,22,23). The number of hydrogen-bond acceptors (Lipinski definition) is 3. The molecule has 0 aliphatic heterocycles. The van der Waals surface area contributed by atoms with Gasteiger partial charge in [0.2, 0.25) is 0 Å². The van der Waals surface area contributed by atoms with Crippen LogP contribution in [0.3, 0.4) is 0 Å². The molecule has 1 heterocycles. The molecular weight excluding hydrogens is 326 g/mol. The van der Waals surface area contributed by atoms with Crippen LogP contribution < -0.4 is 10.6 Å². The van der Waals surface area contributed by atoms with Crippen molar-refractivity contribution in [3.8, 4) is 0 Å². The summed E-state index contributed by atoms with van der Waals surface area (Å²) in [6.07, 6.45) is 3.00. The summed E-state index contributed by atoms with van der Waals surface area (Å²) in [5.74, 6) is 0.842. The maximum absolute atomic E-state index is 5.59. The van der Waals surface area contributed by atoms with Crippen molar-refractivity contribution in [2.75, 3.05) is 26.7 Å². The maximum Gasteiger partial charge on any atom is 0.191 e. The molecule has 1 aromatic carbocycles. The lowest BCUT2D eigenvalue weighted by Crippen LogP contribution is -2.40. The summed E-state index contributed by atoms with van der Waals surface area (Å²) < 4.78 is 7.78. The minimum absolute atomic E-state index is 0.0675. The Morgan fingerprint density at radius 1 is 1.27 bits per heavy atom. The highest BCUT2D eigenvalue weighted by molar-refractivity contribution is 5.79. The van der Waals surface area contributed by atoms with Gasteiger partial charge in [-0.25, -0.2) is 4.98 Å². The fourth-order valence-electron chi connectivity index (χ4n) is 2.86. The van der Waals surface area contributed by atoms with Crippen molar-refractivity contribution >= 4 is 17.0 Å². The van der Waals surface area contributed by atoms with Crippen LogP contribution in [-0.4, -0.2) is 48.4 Å². The second-order valence-electron chi connectivity index (χ2n) is 7.52. The Balaban J connectivity index is 1.85. The Kier molecular flexibility index (Phi) is 7.45. The molecule has 2 N–H and O–H groups in total. The number of methoxy groups -OCH3 is 1. The lowest BCUT2D eigenvalue weighted by molar-refractivity contribution is 0.0241. The van der Waals surface area contributed by atoms with Crippen molar-refractivity contribution in [1.29, 1.82) is 0 Å². The summed E-state index contributed by atoms with van der Waals surface area (Å²) >= 11 is 0. The van der Waals surface area contributed by atoms with Crippen LogP contribution in [0.2, 0.25) is 0 Å². The van der Waals surface area contributed by atoms with Crippen LogP contribution in [0.25, 0.3) is 11.0 Å². The van der Waals surface area contributed by atoms with Crippen molar-refractivity contribution in [3.05, 3.63) is 30.6 Å². The van der Waals surface area contributed by atoms with Crippen molar-refractivity contribution in [1.82, 2.24) is 20.2 Å². The van der Waals surface area contributed by atoms with E-state index in [0.717, 1.165) is 37.5 Å². The number of ether oxygens (including phenoxy) is 1. The fourth-order valence-corrected chi connectivity index (χ4v) is 2.86. The number of aliphatic imine (C=N–C) groups is 1. The summed E-state index contributed by atoms with van der Waals surface area (Å²) in [6, 6.07) is 8.22. The van der Waals surface area contributed by atoms with Gasteiger partial charge in [0, 0.05) is 26.7 Å². The monoisotopic (exact) mass is 359 g/mol. The van der Waals surface area contributed by atoms with E-state index in [-0.39, 0.29) is 11.5 Å². The predicted molar refractivity (Wildman–Crippen MR) is 109 cm³/mol. The van der Waals surface area contributed by atoms with Crippen LogP contribution in [-0.2, 0) is 11.3 Å². The van der Waals surface area contributed by atoms with Gasteiger partial charge in [0.25, 0.3) is 0 Å². The second kappa shape index (κ2) is 9.57. The molecule has 6 heteroatoms. The molecule has 2 aromatic rings. The summed E-state index contributed by atoms with van der Waals surface area (Å²) in [4.78, 5) is 9.12. The van der Waals surface area contributed by atoms with E-state index in [1.165, 1.54) is 5.52 Å². The molecular formula is C20H33N5O. The lowest BCUT2D eigenvalue weighted by atomic mass is 9.89. The highest BCUT2D eigenvalue weighted by Crippen LogP contribution is 2.21. The van der Waals surface area contributed by atoms with Crippen LogP contribution in [0.1, 0.15) is 34.1 Å². The molecule has 0 fully saturated rings. The largest absolute Gasteiger partial charge is 0.379 e. The van der Waals surface area contributed by atoms with Gasteiger partial charge in [-0.15, -0.1) is 0 Å². The van der Waals surface area contributed by atoms with Gasteiger partial charge >= 0.3 is 0 Å². The molecule has 0 amide bonds. The van der Waals surface area contributed by atoms with Crippen LogP contribution in [0.5, 0.6) is 0 Å². The van der Waals surface area contributed by atoms with Gasteiger partial charge < -0.3 is 19.9 Å². The SMILES string of the molecule is CCNC(=NCC(OC)C(C)(C)C)NCCCn1cnc2ccccc21. The summed E-state index contributed by atoms with van der Waals surface area (Å²) in [6.45, 7) is 11.9. The first-order chi connectivity index (χ1) is 12.5. The molecule has 0 radical (unpaired) electrons. The highest BCUT2D eigenvalue weighted by Gasteiger charge is 2.24. The van der Waals surface area contributed by atoms with Crippen LogP contribution >= 0.6 is 0 Å². The van der Waals surface area contributed by atoms with Crippen LogP contribution in [0.4, 0.5) is 0 Å². The molecule has 0 saturated carbocycles. The molecule has 6 nitrogen and oxygen atoms in total. The Morgan fingerprint density at radius 3 is 2.73 bits per heavy atom. The van der Waals surface area contributed by atoms with E-state index >= 15 is 0 Å². The number of nitrogens with one attached hydrogen (secondary N) is 2. The van der Waals surface area contributed by atoms with E-state index in [0.29, 0.717) is 6.54 Å². The number of aromatic nitrogens is 2. The molecule has 0 aliphatic rings. The fraction of sp³-hybridized carbons (Fsp3) is 0.600. The van der Waals surface area contributed by atoms with Gasteiger partial charge in [-0.3, -0.25) is 4.99 Å². The molecule has 0 bridgehead atoms. The number of imidazole rings is 1. The molecule has 26 heavy (non-hydrogen) atoms. The average Bonchev–Trinajstić information content (AvgIpc) is 3.01. The second-order valence-corrected chi connectivity index (χ2v) is 7.52. The number of nitrogens with zero attached hydrogens (tertiary/aromatic N) is 3. The quantitative estimate of drug-likeness (QED) is 0.432. The number of benzene rings is 1. The number of para-hydroxylation sites is 2. The number of hydrogen-bond donors (Lipinski definition) is 2. The molecule has 2 rings (SSSR count). The lowest BCUT2D eigenvalue weighted by Gasteiger charge is -2.28. The molecule has 1 atom stereocenters. The summed E-state index contributed by atoms with van der Waals surface area (Å²) in [5.41, 5.74) is 2.29. The number of rotatable bonds is 8. The van der Waals surface area contributed by atoms with Crippen molar-refractivity contribution in [2.45, 2.75) is 46.8 Å². The summed E-state index contributed by atoms with van der Waals surface area (Å²) in [5, 5.41) is 6.71. The third-order valence-corrected chi connectivity index (χ3v) is 4.41. The Labute approximate surface area is 157 Å². The van der Waals surface area contributed by atoms with E-state index in [2.05, 4.69) is 65.0 Å². The third-order valence-electron chi connectivity index (χ3n) is 4.41. The van der Waals surface area contributed by atoms with E-state index in [9.17, 15) is 0 Å². The normalized spacial score (nSPS) is 13.8. The first-order valence-electron chi connectivity index (χ1n) is 9.40. The van der Waals surface area contributed by atoms with Crippen LogP contribution in [0.15, 0.2) is 35.6 Å². The first-order valence-corrected chi connectivity index (χ1v) is 9.40. The van der Waals surface area contributed by atoms with Gasteiger partial charge in [-0.1, -0.05) is 32.9 Å². The minimum Gasteiger partial charge on any atom is -0.379 e. The topological polar surface area (TPSA) is 63.5 Å². The number of fused-ring (bicyclic) bond motifs is 1. The van der Waals surface area contributed by atoms with Gasteiger partial charge in [0.1, 0.15) is 0 Å². The Morgan fingerprint density at radius 2 is 2.04 bits per heavy atom. The predicted octanol–water partition coefficient (Wildman–Crippen LogP) is 3.04. The zero-order valence-corrected chi connectivity index (χ0v) is 16.7. The first kappa shape index (κ1) is 20.2. The van der Waals surface area contributed by atoms with Crippen molar-refractivity contribution in [3.63, 3.8) is 0 Å². The van der Waals surface area contributed by atoms with E-state index in [1.807, 2.05) is 18.5 Å². The van der Waals surface area contributed by atoms with E-state index in [4.69, 9.17) is 4.74 Å². The molecule has 1 unspecified atom stereocenters. The molecule has 0 saturated heterocycles. The van der Waals surface area contributed by atoms with Crippen molar-refractivity contribution in [2.24, 2.45) is 10.4 Å². The maximum atomic E-state index is 5.59. The minimum atomic E-state index is 0.0675. The highest BCUT2D eigenvalue weighted by atomic mass is 16.5. The Bertz CT molecular complexity index is 702. The number of guanidine groups is 1. The van der Waals surface area contributed by atoms with Crippen molar-refractivity contribution < 1.29 is 4.74 Å². The molecule has 1 aromatic heterocycles. The van der Waals surface area contributed by atoms with Gasteiger partial charge in [-0.2, -0.15) is 0 Å². The third kappa shape index (κ3) is 5.73. The Hall–Kier alpha value is -2.08. The summed E-state index contributed by atoms with van der Waals surface area (Å²) in [7, 11) is 1.75. The van der Waals surface area contributed by atoms with Gasteiger partial charge in [0.05, 0.1) is 30.0 Å². The molecule has 0 aliphatic carbocycles.